The molecule has 0 saturated heterocycles. The summed E-state index contributed by atoms with van der Waals surface area (Å²) >= 11 is 5.42. The van der Waals surface area contributed by atoms with E-state index in [1.807, 2.05) is 6.92 Å². The zero-order valence-electron chi connectivity index (χ0n) is 13.4. The van der Waals surface area contributed by atoms with Crippen LogP contribution in [0.15, 0.2) is 38.0 Å². The quantitative estimate of drug-likeness (QED) is 0.457. The Kier molecular flexibility index (Phi) is 5.73. The number of fused-ring (bicyclic) bond motifs is 1. The van der Waals surface area contributed by atoms with E-state index in [0.717, 1.165) is 17.8 Å². The van der Waals surface area contributed by atoms with Gasteiger partial charge in [-0.1, -0.05) is 11.8 Å². The number of benzene rings is 1. The molecule has 0 aliphatic rings. The first-order valence-electron chi connectivity index (χ1n) is 7.46. The smallest absolute Gasteiger partial charge is 0.272 e. The molecule has 26 heavy (non-hydrogen) atoms. The van der Waals surface area contributed by atoms with Crippen LogP contribution in [0.4, 0.5) is 14.5 Å². The Morgan fingerprint density at radius 3 is 2.88 bits per heavy atom. The lowest BCUT2D eigenvalue weighted by atomic mass is 10.3. The van der Waals surface area contributed by atoms with E-state index in [2.05, 4.69) is 26.2 Å². The number of halogens is 3. The summed E-state index contributed by atoms with van der Waals surface area (Å²) < 4.78 is 29.1. The first-order chi connectivity index (χ1) is 12.4. The van der Waals surface area contributed by atoms with Crippen LogP contribution < -0.4 is 10.9 Å². The third kappa shape index (κ3) is 3.81. The highest BCUT2D eigenvalue weighted by Gasteiger charge is 2.16. The summed E-state index contributed by atoms with van der Waals surface area (Å²) in [5.41, 5.74) is 0.300. The van der Waals surface area contributed by atoms with Gasteiger partial charge in [-0.15, -0.1) is 11.3 Å². The summed E-state index contributed by atoms with van der Waals surface area (Å²) in [5, 5.41) is 4.60. The van der Waals surface area contributed by atoms with E-state index < -0.39 is 17.5 Å². The van der Waals surface area contributed by atoms with Crippen molar-refractivity contribution in [3.8, 4) is 0 Å². The first kappa shape index (κ1) is 19.0. The minimum Gasteiger partial charge on any atom is -0.322 e. The topological polar surface area (TPSA) is 64.0 Å². The maximum Gasteiger partial charge on any atom is 0.272 e. The van der Waals surface area contributed by atoms with Crippen LogP contribution in [0.5, 0.6) is 0 Å². The molecule has 0 atom stereocenters. The molecular formula is C16H12BrF2N3O2S2. The highest BCUT2D eigenvalue weighted by Crippen LogP contribution is 2.27. The molecule has 1 N–H and O–H groups in total. The van der Waals surface area contributed by atoms with E-state index in [4.69, 9.17) is 0 Å². The van der Waals surface area contributed by atoms with Gasteiger partial charge in [0, 0.05) is 17.1 Å². The molecule has 0 fully saturated rings. The number of hydrogen-bond donors (Lipinski definition) is 1. The molecular weight excluding hydrogens is 448 g/mol. The SMILES string of the molecule is CCn1c(SCC(=O)Nc2c(F)cc(F)cc2Br)nc2ccsc2c1=O. The van der Waals surface area contributed by atoms with Crippen molar-refractivity contribution < 1.29 is 13.6 Å². The number of aromatic nitrogens is 2. The van der Waals surface area contributed by atoms with Gasteiger partial charge in [-0.3, -0.25) is 14.2 Å². The first-order valence-corrected chi connectivity index (χ1v) is 10.1. The third-order valence-electron chi connectivity index (χ3n) is 3.45. The number of carbonyl (C=O) groups excluding carboxylic acids is 1. The minimum absolute atomic E-state index is 0.0780. The molecule has 0 radical (unpaired) electrons. The summed E-state index contributed by atoms with van der Waals surface area (Å²) in [7, 11) is 0. The van der Waals surface area contributed by atoms with Gasteiger partial charge in [0.05, 0.1) is 17.0 Å². The van der Waals surface area contributed by atoms with E-state index in [1.54, 1.807) is 11.4 Å². The van der Waals surface area contributed by atoms with Gasteiger partial charge >= 0.3 is 0 Å². The Labute approximate surface area is 163 Å². The predicted molar refractivity (Wildman–Crippen MR) is 103 cm³/mol. The molecule has 5 nitrogen and oxygen atoms in total. The number of anilines is 1. The zero-order valence-corrected chi connectivity index (χ0v) is 16.6. The van der Waals surface area contributed by atoms with Gasteiger partial charge in [-0.2, -0.15) is 0 Å². The molecule has 1 amide bonds. The Balaban J connectivity index is 1.78. The molecule has 3 aromatic rings. The number of nitrogens with one attached hydrogen (secondary N) is 1. The third-order valence-corrected chi connectivity index (χ3v) is 5.94. The summed E-state index contributed by atoms with van der Waals surface area (Å²) in [4.78, 5) is 29.0. The highest BCUT2D eigenvalue weighted by molar-refractivity contribution is 9.10. The lowest BCUT2D eigenvalue weighted by Crippen LogP contribution is -2.23. The van der Waals surface area contributed by atoms with Crippen molar-refractivity contribution >= 4 is 60.8 Å². The van der Waals surface area contributed by atoms with Gasteiger partial charge in [-0.05, 0) is 40.4 Å². The molecule has 1 aromatic carbocycles. The molecule has 2 heterocycles. The molecule has 0 aliphatic carbocycles. The van der Waals surface area contributed by atoms with Crippen molar-refractivity contribution in [2.75, 3.05) is 11.1 Å². The largest absolute Gasteiger partial charge is 0.322 e. The molecule has 3 rings (SSSR count). The maximum atomic E-state index is 13.8. The van der Waals surface area contributed by atoms with Gasteiger partial charge in [0.2, 0.25) is 5.91 Å². The van der Waals surface area contributed by atoms with Crippen LogP contribution >= 0.6 is 39.0 Å². The monoisotopic (exact) mass is 459 g/mol. The van der Waals surface area contributed by atoms with Crippen molar-refractivity contribution in [2.45, 2.75) is 18.6 Å². The van der Waals surface area contributed by atoms with Crippen LogP contribution in [0.1, 0.15) is 6.92 Å². The molecule has 136 valence electrons. The second kappa shape index (κ2) is 7.85. The number of thiophene rings is 1. The fraction of sp³-hybridized carbons (Fsp3) is 0.188. The normalized spacial score (nSPS) is 11.1. The second-order valence-corrected chi connectivity index (χ2v) is 7.87. The Morgan fingerprint density at radius 2 is 2.19 bits per heavy atom. The van der Waals surface area contributed by atoms with Crippen molar-refractivity contribution in [3.63, 3.8) is 0 Å². The number of rotatable bonds is 5. The predicted octanol–water partition coefficient (Wildman–Crippen LogP) is 4.25. The average Bonchev–Trinajstić information content (AvgIpc) is 3.05. The van der Waals surface area contributed by atoms with E-state index in [9.17, 15) is 18.4 Å². The molecule has 10 heteroatoms. The van der Waals surface area contributed by atoms with Crippen molar-refractivity contribution in [1.29, 1.82) is 0 Å². The molecule has 0 bridgehead atoms. The summed E-state index contributed by atoms with van der Waals surface area (Å²) in [6.45, 7) is 2.24. The summed E-state index contributed by atoms with van der Waals surface area (Å²) in [5.74, 6) is -2.20. The number of hydrogen-bond acceptors (Lipinski definition) is 5. The van der Waals surface area contributed by atoms with Gasteiger partial charge in [0.1, 0.15) is 10.5 Å². The maximum absolute atomic E-state index is 13.8. The summed E-state index contributed by atoms with van der Waals surface area (Å²) in [6.07, 6.45) is 0. The Morgan fingerprint density at radius 1 is 1.42 bits per heavy atom. The number of nitrogens with zero attached hydrogens (tertiary/aromatic N) is 2. The van der Waals surface area contributed by atoms with Gasteiger partial charge in [0.25, 0.3) is 5.56 Å². The molecule has 0 saturated carbocycles. The van der Waals surface area contributed by atoms with Gasteiger partial charge in [-0.25, -0.2) is 13.8 Å². The van der Waals surface area contributed by atoms with Crippen molar-refractivity contribution in [2.24, 2.45) is 0 Å². The Bertz CT molecular complexity index is 1030. The molecule has 0 aliphatic heterocycles. The number of carbonyl (C=O) groups is 1. The summed E-state index contributed by atoms with van der Waals surface area (Å²) in [6, 6.07) is 3.50. The van der Waals surface area contributed by atoms with Crippen molar-refractivity contribution in [1.82, 2.24) is 9.55 Å². The van der Waals surface area contributed by atoms with E-state index in [-0.39, 0.29) is 21.5 Å². The van der Waals surface area contributed by atoms with Gasteiger partial charge < -0.3 is 5.32 Å². The average molecular weight is 460 g/mol. The van der Waals surface area contributed by atoms with Crippen LogP contribution in [0.2, 0.25) is 0 Å². The van der Waals surface area contributed by atoms with Crippen LogP contribution in [0.25, 0.3) is 10.2 Å². The fourth-order valence-corrected chi connectivity index (χ4v) is 4.43. The van der Waals surface area contributed by atoms with Gasteiger partial charge in [0.15, 0.2) is 11.0 Å². The Hall–Kier alpha value is -1.78. The fourth-order valence-electron chi connectivity index (χ4n) is 2.28. The molecule has 0 spiro atoms. The lowest BCUT2D eigenvalue weighted by molar-refractivity contribution is -0.113. The molecule has 2 aromatic heterocycles. The number of amides is 1. The second-order valence-electron chi connectivity index (χ2n) is 5.16. The van der Waals surface area contributed by atoms with E-state index >= 15 is 0 Å². The number of thioether (sulfide) groups is 1. The van der Waals surface area contributed by atoms with E-state index in [0.29, 0.717) is 28.0 Å². The van der Waals surface area contributed by atoms with Crippen LogP contribution in [-0.4, -0.2) is 21.2 Å². The van der Waals surface area contributed by atoms with Crippen LogP contribution in [0.3, 0.4) is 0 Å². The lowest BCUT2D eigenvalue weighted by Gasteiger charge is -2.11. The molecule has 0 unspecified atom stereocenters. The van der Waals surface area contributed by atoms with Crippen LogP contribution in [0, 0.1) is 11.6 Å². The van der Waals surface area contributed by atoms with Crippen molar-refractivity contribution in [3.05, 3.63) is 50.0 Å². The minimum atomic E-state index is -0.876. The highest BCUT2D eigenvalue weighted by atomic mass is 79.9. The van der Waals surface area contributed by atoms with E-state index in [1.165, 1.54) is 15.9 Å². The standard InChI is InChI=1S/C16H12BrF2N3O2S2/c1-2-22-15(24)14-11(3-4-25-14)20-16(22)26-7-12(23)21-13-9(17)5-8(18)6-10(13)19/h3-6H,2,7H2,1H3,(H,21,23). The van der Waals surface area contributed by atoms with Crippen LogP contribution in [-0.2, 0) is 11.3 Å². The zero-order chi connectivity index (χ0) is 18.8.